The Kier molecular flexibility index (Phi) is 6.95. The van der Waals surface area contributed by atoms with E-state index in [1.54, 1.807) is 36.1 Å². The van der Waals surface area contributed by atoms with Gasteiger partial charge in [-0.05, 0) is 41.8 Å². The molecule has 0 radical (unpaired) electrons. The van der Waals surface area contributed by atoms with Crippen molar-refractivity contribution in [2.24, 2.45) is 0 Å². The highest BCUT2D eigenvalue weighted by atomic mass is 16.5. The van der Waals surface area contributed by atoms with Crippen molar-refractivity contribution in [2.75, 3.05) is 43.5 Å². The molecule has 0 atom stereocenters. The maximum atomic E-state index is 12.9. The highest BCUT2D eigenvalue weighted by Crippen LogP contribution is 2.29. The molecule has 7 nitrogen and oxygen atoms in total. The number of piperazine rings is 1. The predicted octanol–water partition coefficient (Wildman–Crippen LogP) is 3.52. The van der Waals surface area contributed by atoms with Crippen LogP contribution >= 0.6 is 0 Å². The second-order valence-corrected chi connectivity index (χ2v) is 7.95. The minimum absolute atomic E-state index is 0.0547. The lowest BCUT2D eigenvalue weighted by Crippen LogP contribution is -2.48. The number of amides is 2. The molecule has 0 spiro atoms. The molecule has 2 aromatic rings. The summed E-state index contributed by atoms with van der Waals surface area (Å²) in [5.74, 6) is -0.279. The molecule has 1 heterocycles. The van der Waals surface area contributed by atoms with Gasteiger partial charge in [0.25, 0.3) is 5.91 Å². The van der Waals surface area contributed by atoms with E-state index in [0.717, 1.165) is 11.3 Å². The van der Waals surface area contributed by atoms with E-state index in [1.807, 2.05) is 18.2 Å². The van der Waals surface area contributed by atoms with Gasteiger partial charge >= 0.3 is 5.97 Å². The zero-order valence-electron chi connectivity index (χ0n) is 18.5. The van der Waals surface area contributed by atoms with Crippen molar-refractivity contribution in [3.8, 4) is 0 Å². The number of esters is 1. The highest BCUT2D eigenvalue weighted by Gasteiger charge is 2.22. The summed E-state index contributed by atoms with van der Waals surface area (Å²) in [6, 6.07) is 12.6. The van der Waals surface area contributed by atoms with Gasteiger partial charge in [0.05, 0.1) is 24.0 Å². The van der Waals surface area contributed by atoms with Crippen LogP contribution in [0.15, 0.2) is 42.5 Å². The molecular weight excluding hydrogens is 394 g/mol. The zero-order valence-corrected chi connectivity index (χ0v) is 18.5. The number of anilines is 2. The standard InChI is InChI=1S/C24H29N3O4/c1-16(2)18-5-7-19(8-6-18)23(29)25-21-15-20(24(30)31-4)9-10-22(21)27-13-11-26(12-14-27)17(3)28/h5-10,15-16H,11-14H2,1-4H3,(H,25,29). The van der Waals surface area contributed by atoms with E-state index in [0.29, 0.717) is 48.9 Å². The fourth-order valence-electron chi connectivity index (χ4n) is 3.63. The van der Waals surface area contributed by atoms with Crippen LogP contribution in [0, 0.1) is 0 Å². The molecule has 0 aromatic heterocycles. The molecule has 3 rings (SSSR count). The van der Waals surface area contributed by atoms with Crippen LogP contribution in [0.25, 0.3) is 0 Å². The van der Waals surface area contributed by atoms with E-state index in [-0.39, 0.29) is 11.8 Å². The molecule has 1 aliphatic heterocycles. The normalized spacial score (nSPS) is 13.8. The van der Waals surface area contributed by atoms with Gasteiger partial charge in [0.15, 0.2) is 0 Å². The van der Waals surface area contributed by atoms with Crippen LogP contribution in [0.3, 0.4) is 0 Å². The first kappa shape index (κ1) is 22.3. The summed E-state index contributed by atoms with van der Waals surface area (Å²) in [6.07, 6.45) is 0. The smallest absolute Gasteiger partial charge is 0.337 e. The molecule has 1 aliphatic rings. The Morgan fingerprint density at radius 2 is 1.55 bits per heavy atom. The number of carbonyl (C=O) groups excluding carboxylic acids is 3. The quantitative estimate of drug-likeness (QED) is 0.745. The molecule has 0 bridgehead atoms. The van der Waals surface area contributed by atoms with Crippen LogP contribution in [0.1, 0.15) is 53.0 Å². The number of nitrogens with one attached hydrogen (secondary N) is 1. The summed E-state index contributed by atoms with van der Waals surface area (Å²) in [5.41, 5.74) is 3.41. The van der Waals surface area contributed by atoms with E-state index >= 15 is 0 Å². The molecule has 164 valence electrons. The summed E-state index contributed by atoms with van der Waals surface area (Å²) < 4.78 is 4.83. The lowest BCUT2D eigenvalue weighted by atomic mass is 10.0. The fraction of sp³-hybridized carbons (Fsp3) is 0.375. The summed E-state index contributed by atoms with van der Waals surface area (Å²) >= 11 is 0. The topological polar surface area (TPSA) is 79.0 Å². The third-order valence-electron chi connectivity index (χ3n) is 5.57. The minimum atomic E-state index is -0.468. The third-order valence-corrected chi connectivity index (χ3v) is 5.57. The number of methoxy groups -OCH3 is 1. The largest absolute Gasteiger partial charge is 0.465 e. The molecule has 1 saturated heterocycles. The van der Waals surface area contributed by atoms with Crippen LogP contribution in [-0.4, -0.2) is 56.0 Å². The summed E-state index contributed by atoms with van der Waals surface area (Å²) in [7, 11) is 1.33. The molecule has 0 unspecified atom stereocenters. The average molecular weight is 424 g/mol. The Hall–Kier alpha value is -3.35. The first-order valence-corrected chi connectivity index (χ1v) is 10.4. The van der Waals surface area contributed by atoms with Crippen LogP contribution in [-0.2, 0) is 9.53 Å². The van der Waals surface area contributed by atoms with Crippen LogP contribution < -0.4 is 10.2 Å². The van der Waals surface area contributed by atoms with Gasteiger partial charge in [-0.2, -0.15) is 0 Å². The Morgan fingerprint density at radius 1 is 0.935 bits per heavy atom. The predicted molar refractivity (Wildman–Crippen MR) is 121 cm³/mol. The van der Waals surface area contributed by atoms with Crippen molar-refractivity contribution < 1.29 is 19.1 Å². The Balaban J connectivity index is 1.86. The molecule has 1 N–H and O–H groups in total. The first-order chi connectivity index (χ1) is 14.8. The lowest BCUT2D eigenvalue weighted by molar-refractivity contribution is -0.129. The van der Waals surface area contributed by atoms with Gasteiger partial charge in [-0.3, -0.25) is 9.59 Å². The van der Waals surface area contributed by atoms with Gasteiger partial charge in [0.2, 0.25) is 5.91 Å². The number of benzene rings is 2. The SMILES string of the molecule is COC(=O)c1ccc(N2CCN(C(C)=O)CC2)c(NC(=O)c2ccc(C(C)C)cc2)c1. The maximum absolute atomic E-state index is 12.9. The van der Waals surface area contributed by atoms with E-state index in [1.165, 1.54) is 7.11 Å². The molecule has 2 amide bonds. The maximum Gasteiger partial charge on any atom is 0.337 e. The number of hydrogen-bond acceptors (Lipinski definition) is 5. The molecule has 0 aliphatic carbocycles. The van der Waals surface area contributed by atoms with E-state index in [2.05, 4.69) is 24.1 Å². The van der Waals surface area contributed by atoms with Crippen molar-refractivity contribution >= 4 is 29.2 Å². The molecule has 0 saturated carbocycles. The van der Waals surface area contributed by atoms with Gasteiger partial charge in [-0.15, -0.1) is 0 Å². The molecule has 31 heavy (non-hydrogen) atoms. The lowest BCUT2D eigenvalue weighted by Gasteiger charge is -2.36. The van der Waals surface area contributed by atoms with Crippen molar-refractivity contribution in [3.05, 3.63) is 59.2 Å². The number of carbonyl (C=O) groups is 3. The second kappa shape index (κ2) is 9.64. The van der Waals surface area contributed by atoms with Gasteiger partial charge in [0.1, 0.15) is 0 Å². The van der Waals surface area contributed by atoms with Crippen molar-refractivity contribution in [1.29, 1.82) is 0 Å². The number of ether oxygens (including phenoxy) is 1. The Bertz CT molecular complexity index is 961. The Morgan fingerprint density at radius 3 is 2.10 bits per heavy atom. The first-order valence-electron chi connectivity index (χ1n) is 10.4. The van der Waals surface area contributed by atoms with Gasteiger partial charge in [0, 0.05) is 38.7 Å². The van der Waals surface area contributed by atoms with E-state index < -0.39 is 5.97 Å². The monoisotopic (exact) mass is 423 g/mol. The van der Waals surface area contributed by atoms with Crippen molar-refractivity contribution in [2.45, 2.75) is 26.7 Å². The highest BCUT2D eigenvalue weighted by molar-refractivity contribution is 6.07. The molecule has 2 aromatic carbocycles. The Labute approximate surface area is 183 Å². The van der Waals surface area contributed by atoms with Gasteiger partial charge in [-0.25, -0.2) is 4.79 Å². The summed E-state index contributed by atoms with van der Waals surface area (Å²) in [5, 5.41) is 2.96. The number of hydrogen-bond donors (Lipinski definition) is 1. The van der Waals surface area contributed by atoms with Crippen LogP contribution in [0.2, 0.25) is 0 Å². The second-order valence-electron chi connectivity index (χ2n) is 7.95. The molecule has 1 fully saturated rings. The third kappa shape index (κ3) is 5.23. The number of rotatable bonds is 5. The van der Waals surface area contributed by atoms with E-state index in [9.17, 15) is 14.4 Å². The minimum Gasteiger partial charge on any atom is -0.465 e. The molecular formula is C24H29N3O4. The summed E-state index contributed by atoms with van der Waals surface area (Å²) in [4.78, 5) is 40.5. The zero-order chi connectivity index (χ0) is 22.5. The van der Waals surface area contributed by atoms with Gasteiger partial charge < -0.3 is 19.9 Å². The summed E-state index contributed by atoms with van der Waals surface area (Å²) in [6.45, 7) is 8.27. The fourth-order valence-corrected chi connectivity index (χ4v) is 3.63. The van der Waals surface area contributed by atoms with Crippen LogP contribution in [0.5, 0.6) is 0 Å². The van der Waals surface area contributed by atoms with Crippen molar-refractivity contribution in [1.82, 2.24) is 4.90 Å². The average Bonchev–Trinajstić information content (AvgIpc) is 2.78. The molecule has 7 heteroatoms. The van der Waals surface area contributed by atoms with E-state index in [4.69, 9.17) is 4.74 Å². The number of nitrogens with zero attached hydrogens (tertiary/aromatic N) is 2. The van der Waals surface area contributed by atoms with Crippen LogP contribution in [0.4, 0.5) is 11.4 Å². The van der Waals surface area contributed by atoms with Gasteiger partial charge in [-0.1, -0.05) is 26.0 Å². The van der Waals surface area contributed by atoms with Crippen molar-refractivity contribution in [3.63, 3.8) is 0 Å².